The van der Waals surface area contributed by atoms with Crippen molar-refractivity contribution in [2.24, 2.45) is 4.99 Å². The first-order valence-corrected chi connectivity index (χ1v) is 12.0. The van der Waals surface area contributed by atoms with Crippen molar-refractivity contribution in [3.8, 4) is 5.75 Å². The molecule has 0 bridgehead atoms. The van der Waals surface area contributed by atoms with Crippen molar-refractivity contribution < 1.29 is 17.9 Å². The normalized spacial score (nSPS) is 21.9. The number of nitrogens with zero attached hydrogens (tertiary/aromatic N) is 1. The summed E-state index contributed by atoms with van der Waals surface area (Å²) in [5.74, 6) is 0.813. The van der Waals surface area contributed by atoms with Crippen LogP contribution in [-0.2, 0) is 9.84 Å². The fourth-order valence-corrected chi connectivity index (χ4v) is 6.96. The standard InChI is InChI=1S/C20H21N3O4S2/c1-2-27-16-8-6-14(7-9-16)21-19(24)13-4-3-5-15(10-13)22-20-23-17-11-29(25,26)12-18(17)28-20/h3-10,17-18H,2,11-12H2,1H3,(H,21,24)(H,22,23)/t17-,18-/m0/s1. The van der Waals surface area contributed by atoms with Crippen molar-refractivity contribution >= 4 is 44.0 Å². The number of amidine groups is 1. The number of amides is 1. The Morgan fingerprint density at radius 1 is 1.17 bits per heavy atom. The van der Waals surface area contributed by atoms with E-state index in [2.05, 4.69) is 15.6 Å². The van der Waals surface area contributed by atoms with Gasteiger partial charge in [-0.25, -0.2) is 8.42 Å². The lowest BCUT2D eigenvalue weighted by atomic mass is 10.2. The van der Waals surface area contributed by atoms with Gasteiger partial charge in [-0.1, -0.05) is 17.8 Å². The summed E-state index contributed by atoms with van der Waals surface area (Å²) in [7, 11) is -2.97. The van der Waals surface area contributed by atoms with E-state index in [4.69, 9.17) is 4.74 Å². The maximum Gasteiger partial charge on any atom is 0.255 e. The van der Waals surface area contributed by atoms with Gasteiger partial charge in [-0.15, -0.1) is 0 Å². The molecule has 2 aliphatic heterocycles. The fourth-order valence-electron chi connectivity index (χ4n) is 3.28. The summed E-state index contributed by atoms with van der Waals surface area (Å²) >= 11 is 1.45. The van der Waals surface area contributed by atoms with Gasteiger partial charge in [0.05, 0.1) is 24.2 Å². The smallest absolute Gasteiger partial charge is 0.255 e. The highest BCUT2D eigenvalue weighted by atomic mass is 32.2. The Morgan fingerprint density at radius 2 is 1.97 bits per heavy atom. The number of benzene rings is 2. The van der Waals surface area contributed by atoms with Gasteiger partial charge in [-0.3, -0.25) is 9.79 Å². The van der Waals surface area contributed by atoms with Gasteiger partial charge >= 0.3 is 0 Å². The molecule has 29 heavy (non-hydrogen) atoms. The molecular weight excluding hydrogens is 410 g/mol. The van der Waals surface area contributed by atoms with Crippen molar-refractivity contribution in [3.63, 3.8) is 0 Å². The molecule has 0 radical (unpaired) electrons. The molecule has 1 saturated heterocycles. The number of hydrogen-bond acceptors (Lipinski definition) is 7. The molecule has 7 nitrogen and oxygen atoms in total. The fraction of sp³-hybridized carbons (Fsp3) is 0.300. The molecule has 0 unspecified atom stereocenters. The lowest BCUT2D eigenvalue weighted by molar-refractivity contribution is 0.102. The Bertz CT molecular complexity index is 1050. The van der Waals surface area contributed by atoms with E-state index in [1.807, 2.05) is 25.1 Å². The van der Waals surface area contributed by atoms with E-state index in [-0.39, 0.29) is 28.7 Å². The third-order valence-electron chi connectivity index (χ3n) is 4.62. The average Bonchev–Trinajstić information content (AvgIpc) is 3.16. The van der Waals surface area contributed by atoms with Gasteiger partial charge in [0, 0.05) is 22.2 Å². The van der Waals surface area contributed by atoms with Crippen LogP contribution < -0.4 is 15.4 Å². The van der Waals surface area contributed by atoms with Crippen LogP contribution in [0.4, 0.5) is 11.4 Å². The molecule has 0 aromatic heterocycles. The van der Waals surface area contributed by atoms with Gasteiger partial charge in [0.2, 0.25) is 0 Å². The van der Waals surface area contributed by atoms with Crippen LogP contribution >= 0.6 is 11.8 Å². The summed E-state index contributed by atoms with van der Waals surface area (Å²) in [6.45, 7) is 2.51. The molecule has 2 atom stereocenters. The predicted molar refractivity (Wildman–Crippen MR) is 117 cm³/mol. The molecule has 4 rings (SSSR count). The second kappa shape index (κ2) is 8.08. The van der Waals surface area contributed by atoms with Crippen molar-refractivity contribution in [1.82, 2.24) is 0 Å². The van der Waals surface area contributed by atoms with E-state index in [0.29, 0.717) is 23.0 Å². The first kappa shape index (κ1) is 19.8. The first-order chi connectivity index (χ1) is 13.9. The SMILES string of the molecule is CCOc1ccc(NC(=O)c2cccc(NC3=N[C@H]4CS(=O)(=O)C[C@@H]4S3)c2)cc1. The molecule has 0 saturated carbocycles. The summed E-state index contributed by atoms with van der Waals surface area (Å²) in [4.78, 5) is 17.1. The molecular formula is C20H21N3O4S2. The van der Waals surface area contributed by atoms with Crippen LogP contribution in [0.5, 0.6) is 5.75 Å². The number of thioether (sulfide) groups is 1. The van der Waals surface area contributed by atoms with Gasteiger partial charge < -0.3 is 15.4 Å². The Balaban J connectivity index is 1.40. The number of hydrogen-bond donors (Lipinski definition) is 2. The quantitative estimate of drug-likeness (QED) is 0.755. The van der Waals surface area contributed by atoms with Crippen LogP contribution in [0.25, 0.3) is 0 Å². The van der Waals surface area contributed by atoms with Crippen LogP contribution in [0.1, 0.15) is 17.3 Å². The Hall–Kier alpha value is -2.52. The van der Waals surface area contributed by atoms with Crippen LogP contribution in [0, 0.1) is 0 Å². The highest BCUT2D eigenvalue weighted by molar-refractivity contribution is 8.15. The van der Waals surface area contributed by atoms with Crippen molar-refractivity contribution in [3.05, 3.63) is 54.1 Å². The van der Waals surface area contributed by atoms with Gasteiger partial charge in [0.1, 0.15) is 5.75 Å². The summed E-state index contributed by atoms with van der Waals surface area (Å²) in [5, 5.41) is 6.74. The number of carbonyl (C=O) groups excluding carboxylic acids is 1. The zero-order valence-corrected chi connectivity index (χ0v) is 17.4. The van der Waals surface area contributed by atoms with E-state index in [0.717, 1.165) is 11.4 Å². The van der Waals surface area contributed by atoms with E-state index in [1.165, 1.54) is 11.8 Å². The summed E-state index contributed by atoms with van der Waals surface area (Å²) in [5.41, 5.74) is 1.93. The van der Waals surface area contributed by atoms with Gasteiger partial charge in [-0.2, -0.15) is 0 Å². The van der Waals surface area contributed by atoms with E-state index in [1.54, 1.807) is 30.3 Å². The van der Waals surface area contributed by atoms with Crippen molar-refractivity contribution in [2.45, 2.75) is 18.2 Å². The van der Waals surface area contributed by atoms with Gasteiger partial charge in [0.25, 0.3) is 5.91 Å². The zero-order chi connectivity index (χ0) is 20.4. The van der Waals surface area contributed by atoms with Crippen LogP contribution in [0.2, 0.25) is 0 Å². The molecule has 152 valence electrons. The third-order valence-corrected chi connectivity index (χ3v) is 7.76. The Morgan fingerprint density at radius 3 is 2.69 bits per heavy atom. The monoisotopic (exact) mass is 431 g/mol. The highest BCUT2D eigenvalue weighted by Crippen LogP contribution is 2.34. The number of anilines is 2. The molecule has 0 aliphatic carbocycles. The molecule has 2 aromatic carbocycles. The van der Waals surface area contributed by atoms with Crippen LogP contribution in [0.15, 0.2) is 53.5 Å². The minimum Gasteiger partial charge on any atom is -0.494 e. The number of rotatable bonds is 5. The van der Waals surface area contributed by atoms with E-state index < -0.39 is 9.84 Å². The molecule has 1 fully saturated rings. The minimum atomic E-state index is -2.97. The number of nitrogens with one attached hydrogen (secondary N) is 2. The van der Waals surface area contributed by atoms with E-state index >= 15 is 0 Å². The molecule has 1 amide bonds. The number of sulfone groups is 1. The number of ether oxygens (including phenoxy) is 1. The summed E-state index contributed by atoms with van der Waals surface area (Å²) < 4.78 is 28.8. The molecule has 9 heteroatoms. The highest BCUT2D eigenvalue weighted by Gasteiger charge is 2.42. The number of carbonyl (C=O) groups is 1. The Labute approximate surface area is 173 Å². The third kappa shape index (κ3) is 4.73. The molecule has 2 N–H and O–H groups in total. The number of fused-ring (bicyclic) bond motifs is 1. The van der Waals surface area contributed by atoms with Gasteiger partial charge in [-0.05, 0) is 49.4 Å². The van der Waals surface area contributed by atoms with Crippen LogP contribution in [-0.4, -0.2) is 48.9 Å². The second-order valence-electron chi connectivity index (χ2n) is 6.85. The molecule has 0 spiro atoms. The van der Waals surface area contributed by atoms with Crippen molar-refractivity contribution in [1.29, 1.82) is 0 Å². The van der Waals surface area contributed by atoms with Crippen molar-refractivity contribution in [2.75, 3.05) is 28.7 Å². The molecule has 2 aliphatic rings. The Kier molecular flexibility index (Phi) is 5.51. The first-order valence-electron chi connectivity index (χ1n) is 9.28. The topological polar surface area (TPSA) is 96.9 Å². The zero-order valence-electron chi connectivity index (χ0n) is 15.8. The summed E-state index contributed by atoms with van der Waals surface area (Å²) in [6.07, 6.45) is 0. The van der Waals surface area contributed by atoms with Crippen LogP contribution in [0.3, 0.4) is 0 Å². The second-order valence-corrected chi connectivity index (χ2v) is 10.2. The maximum atomic E-state index is 12.6. The number of aliphatic imine (C=N–C) groups is 1. The lowest BCUT2D eigenvalue weighted by Crippen LogP contribution is -2.14. The average molecular weight is 432 g/mol. The molecule has 2 aromatic rings. The minimum absolute atomic E-state index is 0.0198. The predicted octanol–water partition coefficient (Wildman–Crippen LogP) is 3.02. The van der Waals surface area contributed by atoms with E-state index in [9.17, 15) is 13.2 Å². The lowest BCUT2D eigenvalue weighted by Gasteiger charge is -2.10. The van der Waals surface area contributed by atoms with Gasteiger partial charge in [0.15, 0.2) is 15.0 Å². The maximum absolute atomic E-state index is 12.6. The molecule has 2 heterocycles. The summed E-state index contributed by atoms with van der Waals surface area (Å²) in [6, 6.07) is 14.1. The largest absolute Gasteiger partial charge is 0.494 e.